The van der Waals surface area contributed by atoms with E-state index in [1.807, 2.05) is 0 Å². The molecule has 0 heterocycles. The first kappa shape index (κ1) is 11.8. The summed E-state index contributed by atoms with van der Waals surface area (Å²) in [5.41, 5.74) is 7.26. The second-order valence-corrected chi connectivity index (χ2v) is 4.15. The van der Waals surface area contributed by atoms with Crippen LogP contribution in [0.4, 0.5) is 5.69 Å². The Morgan fingerprint density at radius 1 is 1.12 bits per heavy atom. The molecule has 0 aliphatic heterocycles. The topological polar surface area (TPSA) is 66.5 Å². The van der Waals surface area contributed by atoms with Gasteiger partial charge in [0.05, 0.1) is 10.7 Å². The van der Waals surface area contributed by atoms with Crippen LogP contribution in [0.25, 0.3) is 0 Å². The van der Waals surface area contributed by atoms with Crippen LogP contribution in [-0.4, -0.2) is 10.2 Å². The summed E-state index contributed by atoms with van der Waals surface area (Å²) in [5.74, 6) is 0.0992. The molecule has 1 atom stereocenters. The number of nitrogens with two attached hydrogens (primary N) is 1. The maximum atomic E-state index is 10.2. The van der Waals surface area contributed by atoms with Crippen LogP contribution >= 0.6 is 11.6 Å². The smallest absolute Gasteiger partial charge is 0.115 e. The molecule has 3 nitrogen and oxygen atoms in total. The van der Waals surface area contributed by atoms with Gasteiger partial charge in [0.25, 0.3) is 0 Å². The summed E-state index contributed by atoms with van der Waals surface area (Å²) in [6.45, 7) is 0. The van der Waals surface area contributed by atoms with Crippen LogP contribution in [0.5, 0.6) is 5.75 Å². The zero-order valence-electron chi connectivity index (χ0n) is 8.97. The molecule has 0 radical (unpaired) electrons. The van der Waals surface area contributed by atoms with Crippen LogP contribution in [0.2, 0.25) is 5.02 Å². The van der Waals surface area contributed by atoms with E-state index in [1.165, 1.54) is 12.1 Å². The monoisotopic (exact) mass is 249 g/mol. The first-order valence-corrected chi connectivity index (χ1v) is 5.48. The third kappa shape index (κ3) is 2.35. The Labute approximate surface area is 104 Å². The van der Waals surface area contributed by atoms with E-state index >= 15 is 0 Å². The standard InChI is InChI=1S/C13H12ClNO2/c14-11-6-2-5-10(12(11)15)13(17)8-3-1-4-9(16)7-8/h1-7,13,16-17H,15H2. The minimum absolute atomic E-state index is 0.0992. The maximum Gasteiger partial charge on any atom is 0.115 e. The van der Waals surface area contributed by atoms with E-state index in [1.54, 1.807) is 30.3 Å². The molecule has 4 N–H and O–H groups in total. The average Bonchev–Trinajstić information content (AvgIpc) is 2.32. The van der Waals surface area contributed by atoms with Crippen LogP contribution in [-0.2, 0) is 0 Å². The Morgan fingerprint density at radius 3 is 2.53 bits per heavy atom. The largest absolute Gasteiger partial charge is 0.508 e. The van der Waals surface area contributed by atoms with Gasteiger partial charge in [-0.1, -0.05) is 35.9 Å². The molecule has 0 saturated heterocycles. The van der Waals surface area contributed by atoms with Gasteiger partial charge in [-0.2, -0.15) is 0 Å². The molecule has 0 aliphatic carbocycles. The van der Waals surface area contributed by atoms with Gasteiger partial charge in [0.2, 0.25) is 0 Å². The van der Waals surface area contributed by atoms with Crippen molar-refractivity contribution in [1.29, 1.82) is 0 Å². The number of nitrogen functional groups attached to an aromatic ring is 1. The van der Waals surface area contributed by atoms with E-state index in [2.05, 4.69) is 0 Å². The number of para-hydroxylation sites is 1. The fourth-order valence-electron chi connectivity index (χ4n) is 1.67. The fourth-order valence-corrected chi connectivity index (χ4v) is 1.85. The zero-order chi connectivity index (χ0) is 12.4. The van der Waals surface area contributed by atoms with Gasteiger partial charge in [-0.25, -0.2) is 0 Å². The lowest BCUT2D eigenvalue weighted by atomic mass is 10.00. The number of aliphatic hydroxyl groups is 1. The van der Waals surface area contributed by atoms with Crippen LogP contribution in [0, 0.1) is 0 Å². The molecule has 2 rings (SSSR count). The van der Waals surface area contributed by atoms with Crippen molar-refractivity contribution in [2.24, 2.45) is 0 Å². The predicted molar refractivity (Wildman–Crippen MR) is 68.0 cm³/mol. The van der Waals surface area contributed by atoms with Gasteiger partial charge in [-0.3, -0.25) is 0 Å². The number of aliphatic hydroxyl groups excluding tert-OH is 1. The molecule has 0 amide bonds. The highest BCUT2D eigenvalue weighted by Crippen LogP contribution is 2.32. The normalized spacial score (nSPS) is 12.4. The van der Waals surface area contributed by atoms with Gasteiger partial charge in [0.1, 0.15) is 11.9 Å². The third-order valence-electron chi connectivity index (χ3n) is 2.57. The number of hydrogen-bond donors (Lipinski definition) is 3. The molecular formula is C13H12ClNO2. The summed E-state index contributed by atoms with van der Waals surface area (Å²) >= 11 is 5.89. The van der Waals surface area contributed by atoms with E-state index in [4.69, 9.17) is 17.3 Å². The van der Waals surface area contributed by atoms with Crippen molar-refractivity contribution < 1.29 is 10.2 Å². The fraction of sp³-hybridized carbons (Fsp3) is 0.0769. The summed E-state index contributed by atoms with van der Waals surface area (Å²) in [4.78, 5) is 0. The molecule has 2 aromatic rings. The number of rotatable bonds is 2. The van der Waals surface area contributed by atoms with Crippen molar-refractivity contribution in [3.8, 4) is 5.75 Å². The minimum Gasteiger partial charge on any atom is -0.508 e. The maximum absolute atomic E-state index is 10.2. The number of aromatic hydroxyl groups is 1. The molecule has 0 aromatic heterocycles. The Hall–Kier alpha value is -1.71. The molecule has 0 bridgehead atoms. The van der Waals surface area contributed by atoms with Crippen LogP contribution < -0.4 is 5.73 Å². The lowest BCUT2D eigenvalue weighted by Crippen LogP contribution is -2.04. The molecule has 17 heavy (non-hydrogen) atoms. The van der Waals surface area contributed by atoms with Crippen LogP contribution in [0.15, 0.2) is 42.5 Å². The van der Waals surface area contributed by atoms with Crippen LogP contribution in [0.3, 0.4) is 0 Å². The zero-order valence-corrected chi connectivity index (χ0v) is 9.72. The summed E-state index contributed by atoms with van der Waals surface area (Å²) in [6.07, 6.45) is -0.902. The van der Waals surface area contributed by atoms with Crippen molar-refractivity contribution in [3.05, 3.63) is 58.6 Å². The highest BCUT2D eigenvalue weighted by atomic mass is 35.5. The second-order valence-electron chi connectivity index (χ2n) is 3.74. The van der Waals surface area contributed by atoms with E-state index < -0.39 is 6.10 Å². The number of anilines is 1. The van der Waals surface area contributed by atoms with Gasteiger partial charge in [0, 0.05) is 5.56 Å². The van der Waals surface area contributed by atoms with Crippen molar-refractivity contribution >= 4 is 17.3 Å². The first-order valence-electron chi connectivity index (χ1n) is 5.10. The number of phenols is 1. The summed E-state index contributed by atoms with van der Waals surface area (Å²) in [6, 6.07) is 11.5. The molecule has 2 aromatic carbocycles. The van der Waals surface area contributed by atoms with Crippen molar-refractivity contribution in [1.82, 2.24) is 0 Å². The quantitative estimate of drug-likeness (QED) is 0.717. The Bertz CT molecular complexity index is 543. The molecule has 88 valence electrons. The van der Waals surface area contributed by atoms with Crippen molar-refractivity contribution in [2.45, 2.75) is 6.10 Å². The van der Waals surface area contributed by atoms with Crippen molar-refractivity contribution in [3.63, 3.8) is 0 Å². The first-order chi connectivity index (χ1) is 8.09. The Balaban J connectivity index is 2.44. The van der Waals surface area contributed by atoms with Gasteiger partial charge >= 0.3 is 0 Å². The van der Waals surface area contributed by atoms with Crippen LogP contribution in [0.1, 0.15) is 17.2 Å². The number of phenolic OH excluding ortho intramolecular Hbond substituents is 1. The highest BCUT2D eigenvalue weighted by molar-refractivity contribution is 6.33. The Morgan fingerprint density at radius 2 is 1.82 bits per heavy atom. The number of halogens is 1. The predicted octanol–water partition coefficient (Wildman–Crippen LogP) is 2.71. The Kier molecular flexibility index (Phi) is 3.22. The molecule has 0 fully saturated rings. The molecule has 4 heteroatoms. The highest BCUT2D eigenvalue weighted by Gasteiger charge is 2.15. The molecule has 0 saturated carbocycles. The molecule has 1 unspecified atom stereocenters. The number of hydrogen-bond acceptors (Lipinski definition) is 3. The van der Waals surface area contributed by atoms with E-state index in [0.29, 0.717) is 21.8 Å². The SMILES string of the molecule is Nc1c(Cl)cccc1C(O)c1cccc(O)c1. The summed E-state index contributed by atoms with van der Waals surface area (Å²) in [5, 5.41) is 19.9. The van der Waals surface area contributed by atoms with E-state index in [9.17, 15) is 10.2 Å². The van der Waals surface area contributed by atoms with Gasteiger partial charge in [-0.15, -0.1) is 0 Å². The van der Waals surface area contributed by atoms with E-state index in [0.717, 1.165) is 0 Å². The average molecular weight is 250 g/mol. The van der Waals surface area contributed by atoms with E-state index in [-0.39, 0.29) is 5.75 Å². The van der Waals surface area contributed by atoms with Gasteiger partial charge in [0.15, 0.2) is 0 Å². The molecular weight excluding hydrogens is 238 g/mol. The van der Waals surface area contributed by atoms with Gasteiger partial charge in [-0.05, 0) is 23.8 Å². The third-order valence-corrected chi connectivity index (χ3v) is 2.90. The van der Waals surface area contributed by atoms with Gasteiger partial charge < -0.3 is 15.9 Å². The molecule has 0 aliphatic rings. The lowest BCUT2D eigenvalue weighted by molar-refractivity contribution is 0.220. The minimum atomic E-state index is -0.902. The number of benzene rings is 2. The lowest BCUT2D eigenvalue weighted by Gasteiger charge is -2.14. The second kappa shape index (κ2) is 4.65. The molecule has 0 spiro atoms. The van der Waals surface area contributed by atoms with Crippen molar-refractivity contribution in [2.75, 3.05) is 5.73 Å². The summed E-state index contributed by atoms with van der Waals surface area (Å²) < 4.78 is 0. The summed E-state index contributed by atoms with van der Waals surface area (Å²) in [7, 11) is 0.